The highest BCUT2D eigenvalue weighted by Gasteiger charge is 2.28. The van der Waals surface area contributed by atoms with E-state index in [0.717, 1.165) is 44.2 Å². The molecule has 2 fully saturated rings. The fraction of sp³-hybridized carbons (Fsp3) is 0.714. The Hall–Kier alpha value is -1.40. The Labute approximate surface area is 119 Å². The Kier molecular flexibility index (Phi) is 4.03. The van der Waals surface area contributed by atoms with Crippen molar-refractivity contribution in [2.24, 2.45) is 5.84 Å². The molecule has 2 aliphatic rings. The number of anilines is 2. The highest BCUT2D eigenvalue weighted by Crippen LogP contribution is 2.39. The van der Waals surface area contributed by atoms with Crippen molar-refractivity contribution in [3.63, 3.8) is 0 Å². The Balaban J connectivity index is 1.71. The van der Waals surface area contributed by atoms with Crippen LogP contribution in [0.15, 0.2) is 6.07 Å². The number of nitrogens with two attached hydrogens (primary N) is 1. The first-order chi connectivity index (χ1) is 9.80. The van der Waals surface area contributed by atoms with Gasteiger partial charge in [-0.15, -0.1) is 0 Å². The van der Waals surface area contributed by atoms with Gasteiger partial charge >= 0.3 is 0 Å². The molecule has 0 amide bonds. The van der Waals surface area contributed by atoms with E-state index in [9.17, 15) is 0 Å². The van der Waals surface area contributed by atoms with Crippen molar-refractivity contribution < 1.29 is 4.74 Å². The zero-order valence-electron chi connectivity index (χ0n) is 12.0. The van der Waals surface area contributed by atoms with Crippen molar-refractivity contribution in [1.29, 1.82) is 0 Å². The molecular weight excluding hydrogens is 254 g/mol. The van der Waals surface area contributed by atoms with E-state index in [4.69, 9.17) is 15.6 Å². The van der Waals surface area contributed by atoms with Crippen molar-refractivity contribution in [1.82, 2.24) is 9.97 Å². The molecule has 6 heteroatoms. The number of hydrazine groups is 1. The quantitative estimate of drug-likeness (QED) is 0.629. The third-order valence-corrected chi connectivity index (χ3v) is 3.99. The Morgan fingerprint density at radius 1 is 1.30 bits per heavy atom. The summed E-state index contributed by atoms with van der Waals surface area (Å²) in [6, 6.07) is 1.94. The summed E-state index contributed by atoms with van der Waals surface area (Å²) in [6.45, 7) is 4.81. The Bertz CT molecular complexity index is 455. The van der Waals surface area contributed by atoms with Gasteiger partial charge in [0.25, 0.3) is 0 Å². The lowest BCUT2D eigenvalue weighted by Gasteiger charge is -2.32. The minimum absolute atomic E-state index is 0.396. The number of ether oxygens (including phenoxy) is 1. The van der Waals surface area contributed by atoms with Crippen LogP contribution in [0.3, 0.4) is 0 Å². The molecule has 0 spiro atoms. The van der Waals surface area contributed by atoms with Gasteiger partial charge in [0.2, 0.25) is 0 Å². The number of nitrogens with one attached hydrogen (secondary N) is 1. The van der Waals surface area contributed by atoms with Crippen LogP contribution in [0, 0.1) is 0 Å². The Morgan fingerprint density at radius 2 is 2.05 bits per heavy atom. The summed E-state index contributed by atoms with van der Waals surface area (Å²) >= 11 is 0. The van der Waals surface area contributed by atoms with Gasteiger partial charge in [-0.1, -0.05) is 0 Å². The molecule has 1 saturated carbocycles. The molecule has 0 aromatic carbocycles. The van der Waals surface area contributed by atoms with Gasteiger partial charge in [0.15, 0.2) is 0 Å². The van der Waals surface area contributed by atoms with Crippen molar-refractivity contribution in [3.8, 4) is 0 Å². The molecular formula is C14H23N5O. The summed E-state index contributed by atoms with van der Waals surface area (Å²) in [5.41, 5.74) is 2.66. The first-order valence-electron chi connectivity index (χ1n) is 7.52. The molecule has 0 radical (unpaired) electrons. The smallest absolute Gasteiger partial charge is 0.145 e. The molecule has 110 valence electrons. The molecule has 1 aromatic rings. The van der Waals surface area contributed by atoms with Crippen LogP contribution in [0.2, 0.25) is 0 Å². The summed E-state index contributed by atoms with van der Waals surface area (Å²) in [7, 11) is 0. The lowest BCUT2D eigenvalue weighted by atomic mass is 10.1. The lowest BCUT2D eigenvalue weighted by Crippen LogP contribution is -2.37. The summed E-state index contributed by atoms with van der Waals surface area (Å²) in [6.07, 6.45) is 4.90. The van der Waals surface area contributed by atoms with Crippen molar-refractivity contribution in [2.75, 3.05) is 30.0 Å². The first-order valence-corrected chi connectivity index (χ1v) is 7.52. The van der Waals surface area contributed by atoms with Crippen LogP contribution in [0.1, 0.15) is 44.3 Å². The van der Waals surface area contributed by atoms with Crippen LogP contribution in [0.4, 0.5) is 11.6 Å². The molecule has 20 heavy (non-hydrogen) atoms. The third kappa shape index (κ3) is 3.02. The molecule has 0 bridgehead atoms. The molecule has 0 unspecified atom stereocenters. The van der Waals surface area contributed by atoms with Gasteiger partial charge in [-0.3, -0.25) is 0 Å². The Morgan fingerprint density at radius 3 is 2.65 bits per heavy atom. The van der Waals surface area contributed by atoms with Crippen LogP contribution in [0.5, 0.6) is 0 Å². The third-order valence-electron chi connectivity index (χ3n) is 3.99. The highest BCUT2D eigenvalue weighted by molar-refractivity contribution is 5.49. The number of hydrogen-bond donors (Lipinski definition) is 2. The lowest BCUT2D eigenvalue weighted by molar-refractivity contribution is 0.0458. The first kappa shape index (κ1) is 13.6. The van der Waals surface area contributed by atoms with Crippen LogP contribution < -0.4 is 16.2 Å². The predicted molar refractivity (Wildman–Crippen MR) is 78.7 cm³/mol. The molecule has 1 aliphatic heterocycles. The van der Waals surface area contributed by atoms with E-state index in [-0.39, 0.29) is 0 Å². The van der Waals surface area contributed by atoms with Gasteiger partial charge in [-0.2, -0.15) is 0 Å². The summed E-state index contributed by atoms with van der Waals surface area (Å²) in [4.78, 5) is 11.5. The van der Waals surface area contributed by atoms with E-state index in [1.54, 1.807) is 0 Å². The van der Waals surface area contributed by atoms with Gasteiger partial charge in [0.05, 0.1) is 6.10 Å². The van der Waals surface area contributed by atoms with Crippen LogP contribution >= 0.6 is 0 Å². The second-order valence-electron chi connectivity index (χ2n) is 5.53. The maximum Gasteiger partial charge on any atom is 0.145 e. The number of aromatic nitrogens is 2. The molecule has 6 nitrogen and oxygen atoms in total. The molecule has 1 aromatic heterocycles. The van der Waals surface area contributed by atoms with Gasteiger partial charge in [-0.05, 0) is 32.6 Å². The largest absolute Gasteiger partial charge is 0.378 e. The van der Waals surface area contributed by atoms with E-state index in [1.165, 1.54) is 12.8 Å². The van der Waals surface area contributed by atoms with Crippen LogP contribution in [-0.2, 0) is 4.74 Å². The maximum absolute atomic E-state index is 5.69. The molecule has 3 rings (SSSR count). The average molecular weight is 277 g/mol. The molecule has 1 aliphatic carbocycles. The second kappa shape index (κ2) is 5.93. The van der Waals surface area contributed by atoms with Crippen molar-refractivity contribution in [3.05, 3.63) is 11.9 Å². The number of nitrogens with zero attached hydrogens (tertiary/aromatic N) is 3. The summed E-state index contributed by atoms with van der Waals surface area (Å²) < 4.78 is 5.69. The maximum atomic E-state index is 5.69. The van der Waals surface area contributed by atoms with Gasteiger partial charge < -0.3 is 15.1 Å². The van der Waals surface area contributed by atoms with Gasteiger partial charge in [-0.25, -0.2) is 15.8 Å². The number of rotatable bonds is 5. The van der Waals surface area contributed by atoms with Crippen LogP contribution in [-0.4, -0.2) is 35.8 Å². The minimum Gasteiger partial charge on any atom is -0.378 e. The van der Waals surface area contributed by atoms with Crippen molar-refractivity contribution >= 4 is 11.6 Å². The summed E-state index contributed by atoms with van der Waals surface area (Å²) in [5, 5.41) is 0. The van der Waals surface area contributed by atoms with E-state index in [1.807, 2.05) is 6.07 Å². The van der Waals surface area contributed by atoms with Gasteiger partial charge in [0, 0.05) is 31.7 Å². The molecule has 0 atom stereocenters. The molecule has 3 N–H and O–H groups in total. The minimum atomic E-state index is 0.396. The fourth-order valence-electron chi connectivity index (χ4n) is 2.70. The zero-order valence-corrected chi connectivity index (χ0v) is 12.0. The van der Waals surface area contributed by atoms with Crippen LogP contribution in [0.25, 0.3) is 0 Å². The topological polar surface area (TPSA) is 76.3 Å². The van der Waals surface area contributed by atoms with E-state index < -0.39 is 0 Å². The van der Waals surface area contributed by atoms with E-state index in [2.05, 4.69) is 22.2 Å². The second-order valence-corrected chi connectivity index (χ2v) is 5.53. The average Bonchev–Trinajstić information content (AvgIpc) is 3.32. The van der Waals surface area contributed by atoms with E-state index in [0.29, 0.717) is 17.8 Å². The van der Waals surface area contributed by atoms with Gasteiger partial charge in [0.1, 0.15) is 17.5 Å². The predicted octanol–water partition coefficient (Wildman–Crippen LogP) is 1.64. The number of nitrogen functional groups attached to an aromatic ring is 1. The fourth-order valence-corrected chi connectivity index (χ4v) is 2.70. The monoisotopic (exact) mass is 277 g/mol. The number of hydrogen-bond acceptors (Lipinski definition) is 6. The normalized spacial score (nSPS) is 20.2. The summed E-state index contributed by atoms with van der Waals surface area (Å²) in [5.74, 6) is 8.69. The van der Waals surface area contributed by atoms with E-state index >= 15 is 0 Å². The molecule has 2 heterocycles. The zero-order chi connectivity index (χ0) is 13.9. The number of piperidine rings is 1. The van der Waals surface area contributed by atoms with Crippen molar-refractivity contribution in [2.45, 2.75) is 44.6 Å². The standard InChI is InChI=1S/C14H23N5O/c1-2-20-11-5-7-19(8-6-11)13-9-12(18-15)16-14(17-13)10-3-4-10/h9-11H,2-8,15H2,1H3,(H,16,17,18). The molecule has 1 saturated heterocycles. The highest BCUT2D eigenvalue weighted by atomic mass is 16.5. The SMILES string of the molecule is CCOC1CCN(c2cc(NN)nc(C3CC3)n2)CC1.